The second-order valence-electron chi connectivity index (χ2n) is 2.65. The summed E-state index contributed by atoms with van der Waals surface area (Å²) in [5.74, 6) is -0.923. The monoisotopic (exact) mass is 187 g/mol. The zero-order valence-corrected chi connectivity index (χ0v) is 7.02. The Morgan fingerprint density at radius 3 is 3.00 bits per heavy atom. The van der Waals surface area contributed by atoms with Crippen LogP contribution in [-0.4, -0.2) is 10.9 Å². The number of oxazole rings is 1. The lowest BCUT2D eigenvalue weighted by Crippen LogP contribution is -2.10. The fourth-order valence-electron chi connectivity index (χ4n) is 1.14. The van der Waals surface area contributed by atoms with Crippen molar-refractivity contribution in [1.82, 2.24) is 4.98 Å². The average molecular weight is 187 g/mol. The molecule has 14 heavy (non-hydrogen) atoms. The number of hydrogen-bond donors (Lipinski definition) is 1. The lowest BCUT2D eigenvalue weighted by molar-refractivity contribution is 0.0969. The number of aromatic nitrogens is 1. The van der Waals surface area contributed by atoms with Gasteiger partial charge in [-0.05, 0) is 12.1 Å². The predicted octanol–water partition coefficient (Wildman–Crippen LogP) is 0.798. The molecule has 5 nitrogen and oxygen atoms in total. The summed E-state index contributed by atoms with van der Waals surface area (Å²) >= 11 is 0. The van der Waals surface area contributed by atoms with Crippen molar-refractivity contribution in [2.24, 2.45) is 5.73 Å². The van der Waals surface area contributed by atoms with E-state index in [1.165, 1.54) is 0 Å². The van der Waals surface area contributed by atoms with Crippen molar-refractivity contribution in [2.45, 2.75) is 0 Å². The van der Waals surface area contributed by atoms with Crippen LogP contribution >= 0.6 is 0 Å². The van der Waals surface area contributed by atoms with Crippen molar-refractivity contribution in [3.8, 4) is 6.07 Å². The molecule has 0 aliphatic rings. The largest absolute Gasteiger partial charge is 0.431 e. The zero-order chi connectivity index (χ0) is 10.1. The Kier molecular flexibility index (Phi) is 1.68. The Morgan fingerprint density at radius 1 is 1.57 bits per heavy atom. The maximum absolute atomic E-state index is 10.8. The first-order valence-electron chi connectivity index (χ1n) is 3.82. The average Bonchev–Trinajstić information content (AvgIpc) is 2.60. The number of benzene rings is 1. The van der Waals surface area contributed by atoms with Gasteiger partial charge in [0.1, 0.15) is 11.6 Å². The highest BCUT2D eigenvalue weighted by atomic mass is 16.4. The van der Waals surface area contributed by atoms with Crippen molar-refractivity contribution in [3.05, 3.63) is 29.7 Å². The third kappa shape index (κ3) is 1.10. The van der Waals surface area contributed by atoms with E-state index < -0.39 is 5.91 Å². The standard InChI is InChI=1S/C9H5N3O2/c10-4-5-2-1-3-6-7(5)14-9(12-6)8(11)13/h1-3H,(H2,11,13). The van der Waals surface area contributed by atoms with Crippen molar-refractivity contribution in [1.29, 1.82) is 5.26 Å². The zero-order valence-electron chi connectivity index (χ0n) is 7.02. The number of rotatable bonds is 1. The van der Waals surface area contributed by atoms with Gasteiger partial charge in [-0.2, -0.15) is 5.26 Å². The van der Waals surface area contributed by atoms with Crippen molar-refractivity contribution in [2.75, 3.05) is 0 Å². The van der Waals surface area contributed by atoms with E-state index in [9.17, 15) is 4.79 Å². The third-order valence-corrected chi connectivity index (χ3v) is 1.75. The molecule has 0 saturated carbocycles. The molecule has 0 saturated heterocycles. The molecule has 0 atom stereocenters. The van der Waals surface area contributed by atoms with Gasteiger partial charge in [0, 0.05) is 0 Å². The van der Waals surface area contributed by atoms with Gasteiger partial charge in [-0.25, -0.2) is 4.98 Å². The SMILES string of the molecule is N#Cc1cccc2nc(C(N)=O)oc12. The first kappa shape index (κ1) is 8.26. The van der Waals surface area contributed by atoms with Gasteiger partial charge in [0.2, 0.25) is 0 Å². The molecule has 2 N–H and O–H groups in total. The molecule has 0 aliphatic carbocycles. The van der Waals surface area contributed by atoms with Crippen LogP contribution in [0.15, 0.2) is 22.6 Å². The highest BCUT2D eigenvalue weighted by Crippen LogP contribution is 2.18. The Morgan fingerprint density at radius 2 is 2.36 bits per heavy atom. The molecule has 2 aromatic rings. The van der Waals surface area contributed by atoms with Gasteiger partial charge in [0.25, 0.3) is 5.89 Å². The summed E-state index contributed by atoms with van der Waals surface area (Å²) in [5.41, 5.74) is 6.08. The second kappa shape index (κ2) is 2.85. The number of hydrogen-bond acceptors (Lipinski definition) is 4. The van der Waals surface area contributed by atoms with E-state index in [0.717, 1.165) is 0 Å². The first-order valence-corrected chi connectivity index (χ1v) is 3.82. The number of para-hydroxylation sites is 1. The highest BCUT2D eigenvalue weighted by Gasteiger charge is 2.12. The van der Waals surface area contributed by atoms with Crippen LogP contribution in [0.3, 0.4) is 0 Å². The molecule has 0 fully saturated rings. The third-order valence-electron chi connectivity index (χ3n) is 1.75. The van der Waals surface area contributed by atoms with Gasteiger partial charge < -0.3 is 10.2 Å². The summed E-state index contributed by atoms with van der Waals surface area (Å²) < 4.78 is 5.04. The molecule has 1 heterocycles. The molecule has 1 amide bonds. The Balaban J connectivity index is 2.78. The number of primary amides is 1. The molecule has 0 aliphatic heterocycles. The smallest absolute Gasteiger partial charge is 0.304 e. The summed E-state index contributed by atoms with van der Waals surface area (Å²) in [7, 11) is 0. The highest BCUT2D eigenvalue weighted by molar-refractivity contribution is 5.91. The first-order chi connectivity index (χ1) is 6.72. The molecule has 68 valence electrons. The van der Waals surface area contributed by atoms with Gasteiger partial charge in [0.05, 0.1) is 5.56 Å². The number of carbonyl (C=O) groups excluding carboxylic acids is 1. The van der Waals surface area contributed by atoms with Crippen LogP contribution in [0.1, 0.15) is 16.2 Å². The van der Waals surface area contributed by atoms with Gasteiger partial charge >= 0.3 is 5.91 Å². The molecule has 0 spiro atoms. The number of fused-ring (bicyclic) bond motifs is 1. The minimum absolute atomic E-state index is 0.178. The van der Waals surface area contributed by atoms with Crippen LogP contribution in [0.5, 0.6) is 0 Å². The second-order valence-corrected chi connectivity index (χ2v) is 2.65. The molecule has 0 bridgehead atoms. The Hall–Kier alpha value is -2.35. The number of amides is 1. The number of nitriles is 1. The topological polar surface area (TPSA) is 92.9 Å². The quantitative estimate of drug-likeness (QED) is 0.714. The molecule has 0 radical (unpaired) electrons. The van der Waals surface area contributed by atoms with E-state index in [0.29, 0.717) is 16.7 Å². The molecular weight excluding hydrogens is 182 g/mol. The summed E-state index contributed by atoms with van der Waals surface area (Å²) in [5, 5.41) is 8.73. The molecule has 5 heteroatoms. The van der Waals surface area contributed by atoms with E-state index in [1.807, 2.05) is 6.07 Å². The van der Waals surface area contributed by atoms with E-state index in [4.69, 9.17) is 15.4 Å². The van der Waals surface area contributed by atoms with Gasteiger partial charge in [0.15, 0.2) is 5.58 Å². The molecular formula is C9H5N3O2. The fraction of sp³-hybridized carbons (Fsp3) is 0. The van der Waals surface area contributed by atoms with E-state index >= 15 is 0 Å². The number of carbonyl (C=O) groups is 1. The summed E-state index contributed by atoms with van der Waals surface area (Å²) in [4.78, 5) is 14.6. The van der Waals surface area contributed by atoms with Crippen molar-refractivity contribution in [3.63, 3.8) is 0 Å². The van der Waals surface area contributed by atoms with Crippen LogP contribution in [0.4, 0.5) is 0 Å². The number of nitrogens with zero attached hydrogens (tertiary/aromatic N) is 2. The molecule has 2 rings (SSSR count). The van der Waals surface area contributed by atoms with Crippen LogP contribution in [0, 0.1) is 11.3 Å². The summed E-state index contributed by atoms with van der Waals surface area (Å²) in [6.07, 6.45) is 0. The van der Waals surface area contributed by atoms with Crippen molar-refractivity contribution >= 4 is 17.0 Å². The van der Waals surface area contributed by atoms with Gasteiger partial charge in [-0.3, -0.25) is 4.79 Å². The van der Waals surface area contributed by atoms with Gasteiger partial charge in [-0.15, -0.1) is 0 Å². The fourth-order valence-corrected chi connectivity index (χ4v) is 1.14. The minimum atomic E-state index is -0.745. The van der Waals surface area contributed by atoms with Crippen LogP contribution in [0.2, 0.25) is 0 Å². The lowest BCUT2D eigenvalue weighted by atomic mass is 10.2. The lowest BCUT2D eigenvalue weighted by Gasteiger charge is -1.87. The predicted molar refractivity (Wildman–Crippen MR) is 47.2 cm³/mol. The van der Waals surface area contributed by atoms with E-state index in [2.05, 4.69) is 4.98 Å². The van der Waals surface area contributed by atoms with Crippen LogP contribution in [0.25, 0.3) is 11.1 Å². The van der Waals surface area contributed by atoms with Crippen LogP contribution in [-0.2, 0) is 0 Å². The number of nitrogens with two attached hydrogens (primary N) is 1. The normalized spacial score (nSPS) is 9.93. The van der Waals surface area contributed by atoms with E-state index in [1.54, 1.807) is 18.2 Å². The van der Waals surface area contributed by atoms with Crippen molar-refractivity contribution < 1.29 is 9.21 Å². The van der Waals surface area contributed by atoms with Gasteiger partial charge in [-0.1, -0.05) is 6.07 Å². The van der Waals surface area contributed by atoms with Crippen LogP contribution < -0.4 is 5.73 Å². The maximum atomic E-state index is 10.8. The molecule has 1 aromatic heterocycles. The molecule has 1 aromatic carbocycles. The summed E-state index contributed by atoms with van der Waals surface area (Å²) in [6.45, 7) is 0. The minimum Gasteiger partial charge on any atom is -0.431 e. The molecule has 0 unspecified atom stereocenters. The Bertz CT molecular complexity index is 551. The summed E-state index contributed by atoms with van der Waals surface area (Å²) in [6, 6.07) is 6.82. The maximum Gasteiger partial charge on any atom is 0.304 e. The van der Waals surface area contributed by atoms with E-state index in [-0.39, 0.29) is 5.89 Å². The Labute approximate surface area is 78.8 Å².